The van der Waals surface area contributed by atoms with Crippen molar-refractivity contribution in [2.24, 2.45) is 9.98 Å². The molecule has 2 heterocycles. The van der Waals surface area contributed by atoms with E-state index in [1.165, 1.54) is 38.5 Å². The third-order valence-electron chi connectivity index (χ3n) is 9.80. The van der Waals surface area contributed by atoms with E-state index >= 15 is 0 Å². The molecule has 0 spiro atoms. The number of hydrogen-bond donors (Lipinski definition) is 2. The molecule has 7 rings (SSSR count). The van der Waals surface area contributed by atoms with E-state index in [1.807, 2.05) is 60.7 Å². The van der Waals surface area contributed by atoms with Crippen molar-refractivity contribution in [1.29, 1.82) is 0 Å². The Bertz CT molecular complexity index is 1840. The molecule has 0 atom stereocenters. The number of fused-ring (bicyclic) bond motifs is 3. The predicted molar refractivity (Wildman–Crippen MR) is 204 cm³/mol. The molecule has 0 unspecified atom stereocenters. The molecule has 50 heavy (non-hydrogen) atoms. The average Bonchev–Trinajstić information content (AvgIpc) is 3.15. The number of nitrogens with zero attached hydrogens (tertiary/aromatic N) is 4. The smallest absolute Gasteiger partial charge is 0.128 e. The van der Waals surface area contributed by atoms with Crippen LogP contribution in [0.25, 0.3) is 21.5 Å². The van der Waals surface area contributed by atoms with Gasteiger partial charge >= 0.3 is 0 Å². The second-order valence-corrected chi connectivity index (χ2v) is 13.2. The molecule has 0 aromatic heterocycles. The third kappa shape index (κ3) is 8.09. The van der Waals surface area contributed by atoms with Crippen molar-refractivity contribution in [3.05, 3.63) is 96.1 Å². The Kier molecular flexibility index (Phi) is 10.9. The molecule has 2 aliphatic rings. The fourth-order valence-corrected chi connectivity index (χ4v) is 7.03. The molecule has 5 aromatic carbocycles. The number of benzene rings is 5. The minimum absolute atomic E-state index is 0.0996. The summed E-state index contributed by atoms with van der Waals surface area (Å²) in [5.41, 5.74) is 2.51. The molecular formula is C42H46N4O4. The highest BCUT2D eigenvalue weighted by molar-refractivity contribution is 6.19. The van der Waals surface area contributed by atoms with Gasteiger partial charge in [-0.2, -0.15) is 0 Å². The van der Waals surface area contributed by atoms with Crippen LogP contribution in [-0.4, -0.2) is 84.9 Å². The fraction of sp³-hybridized carbons (Fsp3) is 0.333. The summed E-state index contributed by atoms with van der Waals surface area (Å²) in [6, 6.07) is 27.0. The van der Waals surface area contributed by atoms with Crippen molar-refractivity contribution >= 4 is 45.3 Å². The number of aliphatic imine (C=N–C) groups is 2. The minimum atomic E-state index is 0.0996. The van der Waals surface area contributed by atoms with Crippen LogP contribution < -0.4 is 9.47 Å². The van der Waals surface area contributed by atoms with E-state index in [-0.39, 0.29) is 11.5 Å². The summed E-state index contributed by atoms with van der Waals surface area (Å²) in [6.07, 6.45) is 11.0. The van der Waals surface area contributed by atoms with Gasteiger partial charge in [-0.15, -0.1) is 0 Å². The van der Waals surface area contributed by atoms with E-state index in [9.17, 15) is 10.2 Å². The Morgan fingerprint density at radius 3 is 1.32 bits per heavy atom. The number of ether oxygens (including phenoxy) is 2. The van der Waals surface area contributed by atoms with Crippen LogP contribution >= 0.6 is 0 Å². The molecule has 5 aromatic rings. The van der Waals surface area contributed by atoms with Crippen molar-refractivity contribution in [2.75, 3.05) is 52.5 Å². The summed E-state index contributed by atoms with van der Waals surface area (Å²) in [5, 5.41) is 25.9. The first-order valence-corrected chi connectivity index (χ1v) is 18.0. The van der Waals surface area contributed by atoms with Gasteiger partial charge in [-0.3, -0.25) is 19.8 Å². The van der Waals surface area contributed by atoms with E-state index in [1.54, 1.807) is 24.6 Å². The van der Waals surface area contributed by atoms with Crippen LogP contribution in [-0.2, 0) is 0 Å². The number of piperidine rings is 2. The standard InChI is InChI=1S/C42H46N4O4/c47-39-27-33(49-25-23-45-19-7-1-8-20-45)17-15-31(39)29-43-41-37-13-5-3-11-35(37)36-12-4-6-14-38(36)42(41)44-30-32-16-18-34(28-40(32)48)50-26-24-46-21-9-2-10-22-46/h3-6,11-18,27-30,47-48H,1-2,7-10,19-26H2. The van der Waals surface area contributed by atoms with Gasteiger partial charge in [-0.25, -0.2) is 0 Å². The van der Waals surface area contributed by atoms with E-state index in [4.69, 9.17) is 19.5 Å². The van der Waals surface area contributed by atoms with Gasteiger partial charge in [0.15, 0.2) is 0 Å². The normalized spacial score (nSPS) is 16.2. The molecule has 0 aliphatic carbocycles. The fourth-order valence-electron chi connectivity index (χ4n) is 7.03. The lowest BCUT2D eigenvalue weighted by Crippen LogP contribution is -2.33. The van der Waals surface area contributed by atoms with Crippen molar-refractivity contribution in [3.8, 4) is 23.0 Å². The van der Waals surface area contributed by atoms with Crippen LogP contribution in [0.2, 0.25) is 0 Å². The summed E-state index contributed by atoms with van der Waals surface area (Å²) in [5.74, 6) is 1.47. The van der Waals surface area contributed by atoms with Crippen molar-refractivity contribution in [2.45, 2.75) is 38.5 Å². The Morgan fingerprint density at radius 2 is 0.920 bits per heavy atom. The van der Waals surface area contributed by atoms with E-state index < -0.39 is 0 Å². The van der Waals surface area contributed by atoms with E-state index in [2.05, 4.69) is 21.9 Å². The zero-order chi connectivity index (χ0) is 34.1. The molecule has 0 bridgehead atoms. The summed E-state index contributed by atoms with van der Waals surface area (Å²) in [7, 11) is 0. The van der Waals surface area contributed by atoms with Crippen molar-refractivity contribution in [1.82, 2.24) is 9.80 Å². The summed E-state index contributed by atoms with van der Waals surface area (Å²) >= 11 is 0. The summed E-state index contributed by atoms with van der Waals surface area (Å²) in [4.78, 5) is 14.8. The Morgan fingerprint density at radius 1 is 0.520 bits per heavy atom. The summed E-state index contributed by atoms with van der Waals surface area (Å²) in [6.45, 7) is 7.44. The maximum Gasteiger partial charge on any atom is 0.128 e. The first kappa shape index (κ1) is 33.6. The monoisotopic (exact) mass is 670 g/mol. The Hall–Kier alpha value is -4.92. The maximum absolute atomic E-state index is 10.9. The predicted octanol–water partition coefficient (Wildman–Crippen LogP) is 8.63. The molecule has 0 amide bonds. The van der Waals surface area contributed by atoms with Gasteiger partial charge < -0.3 is 19.7 Å². The SMILES string of the molecule is Oc1cc(OCCN2CCCCC2)ccc1C=Nc1c(N=Cc2ccc(OCCN3CCCCC3)cc2O)c2ccccc2c2ccccc12. The van der Waals surface area contributed by atoms with Crippen molar-refractivity contribution < 1.29 is 19.7 Å². The number of phenolic OH excluding ortho intramolecular Hbond substituents is 2. The van der Waals surface area contributed by atoms with Crippen LogP contribution in [0.1, 0.15) is 49.7 Å². The minimum Gasteiger partial charge on any atom is -0.507 e. The molecule has 2 saturated heterocycles. The highest BCUT2D eigenvalue weighted by Crippen LogP contribution is 2.44. The quantitative estimate of drug-likeness (QED) is 0.102. The van der Waals surface area contributed by atoms with Crippen LogP contribution in [0.5, 0.6) is 23.0 Å². The number of hydrogen-bond acceptors (Lipinski definition) is 8. The Labute approximate surface area is 294 Å². The van der Waals surface area contributed by atoms with Gasteiger partial charge in [0.05, 0.1) is 11.4 Å². The number of rotatable bonds is 12. The highest BCUT2D eigenvalue weighted by Gasteiger charge is 2.15. The van der Waals surface area contributed by atoms with Gasteiger partial charge in [0, 0.05) is 59.6 Å². The molecule has 8 nitrogen and oxygen atoms in total. The molecule has 2 fully saturated rings. The van der Waals surface area contributed by atoms with Gasteiger partial charge in [0.25, 0.3) is 0 Å². The first-order valence-electron chi connectivity index (χ1n) is 18.0. The lowest BCUT2D eigenvalue weighted by atomic mass is 9.98. The topological polar surface area (TPSA) is 90.1 Å². The molecule has 0 saturated carbocycles. The Balaban J connectivity index is 1.13. The lowest BCUT2D eigenvalue weighted by Gasteiger charge is -2.26. The second-order valence-electron chi connectivity index (χ2n) is 13.2. The van der Waals surface area contributed by atoms with Crippen molar-refractivity contribution in [3.63, 3.8) is 0 Å². The molecule has 2 aliphatic heterocycles. The molecular weight excluding hydrogens is 624 g/mol. The van der Waals surface area contributed by atoms with Gasteiger partial charge in [-0.1, -0.05) is 61.4 Å². The average molecular weight is 671 g/mol. The summed E-state index contributed by atoms with van der Waals surface area (Å²) < 4.78 is 11.9. The maximum atomic E-state index is 10.9. The largest absolute Gasteiger partial charge is 0.507 e. The van der Waals surface area contributed by atoms with Gasteiger partial charge in [-0.05, 0) is 86.9 Å². The van der Waals surface area contributed by atoms with Crippen LogP contribution in [0, 0.1) is 0 Å². The van der Waals surface area contributed by atoms with Gasteiger partial charge in [0.2, 0.25) is 0 Å². The van der Waals surface area contributed by atoms with Crippen LogP contribution in [0.3, 0.4) is 0 Å². The zero-order valence-corrected chi connectivity index (χ0v) is 28.6. The molecule has 8 heteroatoms. The molecule has 0 radical (unpaired) electrons. The third-order valence-corrected chi connectivity index (χ3v) is 9.80. The number of phenols is 2. The highest BCUT2D eigenvalue weighted by atomic mass is 16.5. The van der Waals surface area contributed by atoms with E-state index in [0.29, 0.717) is 47.2 Å². The second kappa shape index (κ2) is 16.2. The van der Waals surface area contributed by atoms with E-state index in [0.717, 1.165) is 60.8 Å². The van der Waals surface area contributed by atoms with Gasteiger partial charge in [0.1, 0.15) is 36.2 Å². The zero-order valence-electron chi connectivity index (χ0n) is 28.6. The van der Waals surface area contributed by atoms with Crippen LogP contribution in [0.15, 0.2) is 94.9 Å². The first-order chi connectivity index (χ1) is 24.6. The number of likely N-dealkylation sites (tertiary alicyclic amines) is 2. The molecule has 2 N–H and O–H groups in total. The lowest BCUT2D eigenvalue weighted by molar-refractivity contribution is 0.183. The number of aromatic hydroxyl groups is 2. The molecule has 258 valence electrons. The van der Waals surface area contributed by atoms with Crippen LogP contribution in [0.4, 0.5) is 11.4 Å².